The molecule has 2 rings (SSSR count). The van der Waals surface area contributed by atoms with Crippen molar-refractivity contribution in [2.45, 2.75) is 39.0 Å². The first-order valence-corrected chi connectivity index (χ1v) is 7.82. The summed E-state index contributed by atoms with van der Waals surface area (Å²) >= 11 is 0. The highest BCUT2D eigenvalue weighted by molar-refractivity contribution is 5.68. The Morgan fingerprint density at radius 3 is 2.62 bits per heavy atom. The van der Waals surface area contributed by atoms with Gasteiger partial charge in [0, 0.05) is 19.0 Å². The Kier molecular flexibility index (Phi) is 5.30. The van der Waals surface area contributed by atoms with E-state index in [9.17, 15) is 18.0 Å². The SMILES string of the molecule is CC(C)(C)OC(=O)N1CC[C@H](COc2cccc(C(F)(F)F)c2)C1. The van der Waals surface area contributed by atoms with Crippen molar-refractivity contribution in [2.75, 3.05) is 19.7 Å². The van der Waals surface area contributed by atoms with Gasteiger partial charge in [0.25, 0.3) is 0 Å². The molecule has 1 aromatic carbocycles. The number of hydrogen-bond donors (Lipinski definition) is 0. The molecule has 1 heterocycles. The van der Waals surface area contributed by atoms with Crippen LogP contribution >= 0.6 is 0 Å². The number of carbonyl (C=O) groups excluding carboxylic acids is 1. The molecule has 0 radical (unpaired) electrons. The van der Waals surface area contributed by atoms with Crippen molar-refractivity contribution in [1.82, 2.24) is 4.90 Å². The summed E-state index contributed by atoms with van der Waals surface area (Å²) < 4.78 is 48.8. The fourth-order valence-corrected chi connectivity index (χ4v) is 2.44. The zero-order chi connectivity index (χ0) is 18.0. The maximum atomic E-state index is 12.7. The number of hydrogen-bond acceptors (Lipinski definition) is 3. The number of halogens is 3. The van der Waals surface area contributed by atoms with Gasteiger partial charge in [0.1, 0.15) is 11.4 Å². The molecular formula is C17H22F3NO3. The van der Waals surface area contributed by atoms with E-state index in [2.05, 4.69) is 0 Å². The highest BCUT2D eigenvalue weighted by Gasteiger charge is 2.32. The second kappa shape index (κ2) is 6.91. The molecule has 0 saturated carbocycles. The fourth-order valence-electron chi connectivity index (χ4n) is 2.44. The Bertz CT molecular complexity index is 581. The van der Waals surface area contributed by atoms with Gasteiger partial charge in [-0.05, 0) is 45.4 Å². The zero-order valence-corrected chi connectivity index (χ0v) is 14.0. The van der Waals surface area contributed by atoms with Crippen LogP contribution in [0.4, 0.5) is 18.0 Å². The minimum atomic E-state index is -4.39. The van der Waals surface area contributed by atoms with Gasteiger partial charge in [0.15, 0.2) is 0 Å². The van der Waals surface area contributed by atoms with Crippen molar-refractivity contribution in [1.29, 1.82) is 0 Å². The highest BCUT2D eigenvalue weighted by Crippen LogP contribution is 2.31. The summed E-state index contributed by atoms with van der Waals surface area (Å²) in [4.78, 5) is 13.6. The third-order valence-corrected chi connectivity index (χ3v) is 3.58. The second-order valence-corrected chi connectivity index (χ2v) is 6.92. The van der Waals surface area contributed by atoms with Crippen LogP contribution in [0.25, 0.3) is 0 Å². The molecule has 1 aliphatic rings. The minimum absolute atomic E-state index is 0.0760. The molecule has 0 spiro atoms. The van der Waals surface area contributed by atoms with Crippen molar-refractivity contribution in [3.8, 4) is 5.75 Å². The number of benzene rings is 1. The molecule has 1 aliphatic heterocycles. The largest absolute Gasteiger partial charge is 0.493 e. The van der Waals surface area contributed by atoms with E-state index >= 15 is 0 Å². The standard InChI is InChI=1S/C17H22F3NO3/c1-16(2,3)24-15(22)21-8-7-12(10-21)11-23-14-6-4-5-13(9-14)17(18,19)20/h4-6,9,12H,7-8,10-11H2,1-3H3/t12-/m0/s1. The lowest BCUT2D eigenvalue weighted by atomic mass is 10.1. The average Bonchev–Trinajstić information content (AvgIpc) is 2.92. The maximum Gasteiger partial charge on any atom is 0.416 e. The number of amides is 1. The van der Waals surface area contributed by atoms with Gasteiger partial charge in [0.2, 0.25) is 0 Å². The highest BCUT2D eigenvalue weighted by atomic mass is 19.4. The van der Waals surface area contributed by atoms with Crippen LogP contribution < -0.4 is 4.74 Å². The molecule has 24 heavy (non-hydrogen) atoms. The van der Waals surface area contributed by atoms with Gasteiger partial charge in [-0.1, -0.05) is 6.07 Å². The molecule has 134 valence electrons. The van der Waals surface area contributed by atoms with E-state index in [0.717, 1.165) is 18.6 Å². The summed E-state index contributed by atoms with van der Waals surface area (Å²) in [5.41, 5.74) is -1.29. The van der Waals surface area contributed by atoms with Crippen LogP contribution in [0, 0.1) is 5.92 Å². The molecule has 1 amide bonds. The monoisotopic (exact) mass is 345 g/mol. The molecular weight excluding hydrogens is 323 g/mol. The minimum Gasteiger partial charge on any atom is -0.493 e. The lowest BCUT2D eigenvalue weighted by Gasteiger charge is -2.24. The molecule has 4 nitrogen and oxygen atoms in total. The topological polar surface area (TPSA) is 38.8 Å². The van der Waals surface area contributed by atoms with Gasteiger partial charge < -0.3 is 14.4 Å². The van der Waals surface area contributed by atoms with Crippen LogP contribution in [0.3, 0.4) is 0 Å². The Morgan fingerprint density at radius 2 is 2.00 bits per heavy atom. The maximum absolute atomic E-state index is 12.7. The van der Waals surface area contributed by atoms with E-state index in [1.807, 2.05) is 0 Å². The summed E-state index contributed by atoms with van der Waals surface area (Å²) in [5.74, 6) is 0.257. The Hall–Kier alpha value is -1.92. The second-order valence-electron chi connectivity index (χ2n) is 6.92. The third kappa shape index (κ3) is 5.32. The molecule has 1 fully saturated rings. The van der Waals surface area contributed by atoms with Gasteiger partial charge in [-0.15, -0.1) is 0 Å². The first-order chi connectivity index (χ1) is 11.0. The lowest BCUT2D eigenvalue weighted by molar-refractivity contribution is -0.137. The van der Waals surface area contributed by atoms with Gasteiger partial charge in [0.05, 0.1) is 12.2 Å². The van der Waals surface area contributed by atoms with E-state index in [1.54, 1.807) is 25.7 Å². The lowest BCUT2D eigenvalue weighted by Crippen LogP contribution is -2.35. The van der Waals surface area contributed by atoms with Crippen LogP contribution in [0.2, 0.25) is 0 Å². The summed E-state index contributed by atoms with van der Waals surface area (Å²) in [6, 6.07) is 4.81. The zero-order valence-electron chi connectivity index (χ0n) is 14.0. The molecule has 1 aromatic rings. The smallest absolute Gasteiger partial charge is 0.416 e. The predicted octanol–water partition coefficient (Wildman–Crippen LogP) is 4.34. The number of ether oxygens (including phenoxy) is 2. The average molecular weight is 345 g/mol. The molecule has 1 saturated heterocycles. The number of carbonyl (C=O) groups is 1. The molecule has 0 aromatic heterocycles. The first kappa shape index (κ1) is 18.4. The molecule has 0 N–H and O–H groups in total. The van der Waals surface area contributed by atoms with E-state index in [1.165, 1.54) is 12.1 Å². The van der Waals surface area contributed by atoms with Crippen LogP contribution in [-0.2, 0) is 10.9 Å². The number of nitrogens with zero attached hydrogens (tertiary/aromatic N) is 1. The first-order valence-electron chi connectivity index (χ1n) is 7.82. The van der Waals surface area contributed by atoms with Crippen molar-refractivity contribution in [3.63, 3.8) is 0 Å². The van der Waals surface area contributed by atoms with Crippen LogP contribution in [0.1, 0.15) is 32.8 Å². The van der Waals surface area contributed by atoms with Gasteiger partial charge in [-0.2, -0.15) is 13.2 Å². The molecule has 7 heteroatoms. The molecule has 1 atom stereocenters. The number of rotatable bonds is 3. The van der Waals surface area contributed by atoms with Gasteiger partial charge >= 0.3 is 12.3 Å². The van der Waals surface area contributed by atoms with Crippen molar-refractivity contribution in [3.05, 3.63) is 29.8 Å². The summed E-state index contributed by atoms with van der Waals surface area (Å²) in [6.07, 6.45) is -4.03. The van der Waals surface area contributed by atoms with Crippen molar-refractivity contribution < 1.29 is 27.4 Å². The fraction of sp³-hybridized carbons (Fsp3) is 0.588. The number of alkyl halides is 3. The third-order valence-electron chi connectivity index (χ3n) is 3.58. The van der Waals surface area contributed by atoms with Crippen LogP contribution in [0.15, 0.2) is 24.3 Å². The molecule has 0 aliphatic carbocycles. The van der Waals surface area contributed by atoms with Crippen molar-refractivity contribution in [2.24, 2.45) is 5.92 Å². The van der Waals surface area contributed by atoms with Gasteiger partial charge in [-0.3, -0.25) is 0 Å². The van der Waals surface area contributed by atoms with Gasteiger partial charge in [-0.25, -0.2) is 4.79 Å². The van der Waals surface area contributed by atoms with E-state index in [-0.39, 0.29) is 24.4 Å². The summed E-state index contributed by atoms with van der Waals surface area (Å²) in [7, 11) is 0. The normalized spacial score (nSPS) is 18.6. The van der Waals surface area contributed by atoms with Crippen LogP contribution in [-0.4, -0.2) is 36.3 Å². The Labute approximate surface area is 139 Å². The summed E-state index contributed by atoms with van der Waals surface area (Å²) in [6.45, 7) is 6.71. The molecule has 0 bridgehead atoms. The van der Waals surface area contributed by atoms with E-state index in [4.69, 9.17) is 9.47 Å². The Balaban J connectivity index is 1.85. The van der Waals surface area contributed by atoms with Crippen molar-refractivity contribution >= 4 is 6.09 Å². The van der Waals surface area contributed by atoms with E-state index in [0.29, 0.717) is 13.1 Å². The predicted molar refractivity (Wildman–Crippen MR) is 82.9 cm³/mol. The van der Waals surface area contributed by atoms with E-state index < -0.39 is 17.3 Å². The Morgan fingerprint density at radius 1 is 1.29 bits per heavy atom. The number of likely N-dealkylation sites (tertiary alicyclic amines) is 1. The van der Waals surface area contributed by atoms with Crippen LogP contribution in [0.5, 0.6) is 5.75 Å². The summed E-state index contributed by atoms with van der Waals surface area (Å²) in [5, 5.41) is 0. The molecule has 0 unspecified atom stereocenters. The quantitative estimate of drug-likeness (QED) is 0.818.